The van der Waals surface area contributed by atoms with E-state index in [1.54, 1.807) is 24.3 Å². The molecule has 4 aromatic carbocycles. The third kappa shape index (κ3) is 5.76. The van der Waals surface area contributed by atoms with E-state index in [-0.39, 0.29) is 16.9 Å². The van der Waals surface area contributed by atoms with Crippen LogP contribution in [0.15, 0.2) is 108 Å². The highest BCUT2D eigenvalue weighted by Gasteiger charge is 2.26. The van der Waals surface area contributed by atoms with Crippen molar-refractivity contribution in [3.63, 3.8) is 0 Å². The van der Waals surface area contributed by atoms with Gasteiger partial charge in [-0.3, -0.25) is 4.31 Å². The molecule has 5 nitrogen and oxygen atoms in total. The van der Waals surface area contributed by atoms with Gasteiger partial charge in [-0.25, -0.2) is 8.42 Å². The molecule has 4 rings (SSSR count). The fourth-order valence-electron chi connectivity index (χ4n) is 3.72. The topological polar surface area (TPSA) is 70.4 Å². The molecule has 0 fully saturated rings. The summed E-state index contributed by atoms with van der Waals surface area (Å²) in [6.07, 6.45) is 0. The lowest BCUT2D eigenvalue weighted by Crippen LogP contribution is -2.30. The lowest BCUT2D eigenvalue weighted by molar-refractivity contribution is 0.482. The van der Waals surface area contributed by atoms with Crippen LogP contribution in [0.5, 0.6) is 11.5 Å². The van der Waals surface area contributed by atoms with Crippen LogP contribution >= 0.6 is 0 Å². The number of ether oxygens (including phenoxy) is 1. The number of hydrogen-bond acceptors (Lipinski definition) is 4. The van der Waals surface area contributed by atoms with Gasteiger partial charge in [0, 0.05) is 0 Å². The second kappa shape index (κ2) is 10.3. The number of para-hydroxylation sites is 1. The molecule has 0 heterocycles. The predicted octanol–water partition coefficient (Wildman–Crippen LogP) is 7.04. The predicted molar refractivity (Wildman–Crippen MR) is 143 cm³/mol. The van der Waals surface area contributed by atoms with Gasteiger partial charge in [-0.15, -0.1) is 0 Å². The lowest BCUT2D eigenvalue weighted by Gasteiger charge is -2.26. The average molecular weight is 497 g/mol. The van der Waals surface area contributed by atoms with Crippen LogP contribution in [0, 0.1) is 11.3 Å². The van der Waals surface area contributed by atoms with E-state index in [9.17, 15) is 8.42 Å². The summed E-state index contributed by atoms with van der Waals surface area (Å²) in [6.45, 7) is 6.58. The number of anilines is 1. The highest BCUT2D eigenvalue weighted by atomic mass is 32.2. The first-order valence-corrected chi connectivity index (χ1v) is 13.1. The molecule has 36 heavy (non-hydrogen) atoms. The number of nitrogens with zero attached hydrogens (tertiary/aromatic N) is 2. The van der Waals surface area contributed by atoms with E-state index in [0.29, 0.717) is 22.7 Å². The van der Waals surface area contributed by atoms with Crippen molar-refractivity contribution < 1.29 is 13.2 Å². The molecule has 0 N–H and O–H groups in total. The molecular weight excluding hydrogens is 468 g/mol. The zero-order chi connectivity index (χ0) is 25.8. The fourth-order valence-corrected chi connectivity index (χ4v) is 5.18. The molecule has 0 bridgehead atoms. The molecular formula is C30H28N2O3S. The van der Waals surface area contributed by atoms with Crippen molar-refractivity contribution in [1.82, 2.24) is 0 Å². The first-order valence-electron chi connectivity index (χ1n) is 11.6. The van der Waals surface area contributed by atoms with Crippen molar-refractivity contribution in [2.24, 2.45) is 0 Å². The van der Waals surface area contributed by atoms with E-state index in [2.05, 4.69) is 20.8 Å². The first-order chi connectivity index (χ1) is 17.2. The molecule has 0 spiro atoms. The highest BCUT2D eigenvalue weighted by molar-refractivity contribution is 7.92. The van der Waals surface area contributed by atoms with Crippen molar-refractivity contribution in [3.05, 3.63) is 120 Å². The standard InChI is InChI=1S/C30H28N2O3S/c1-30(2,3)25-13-9-24(10-14-25)22-32(36(33,34)29-19-11-23(21-31)12-20-29)26-15-17-28(18-16-26)35-27-7-5-4-6-8-27/h4-20H,22H2,1-3H3. The number of sulfonamides is 1. The minimum Gasteiger partial charge on any atom is -0.457 e. The molecule has 0 aromatic heterocycles. The van der Waals surface area contributed by atoms with E-state index in [1.807, 2.05) is 60.7 Å². The van der Waals surface area contributed by atoms with Crippen LogP contribution in [-0.4, -0.2) is 8.42 Å². The Kier molecular flexibility index (Phi) is 7.14. The maximum atomic E-state index is 13.8. The van der Waals surface area contributed by atoms with Gasteiger partial charge in [0.15, 0.2) is 0 Å². The van der Waals surface area contributed by atoms with Gasteiger partial charge >= 0.3 is 0 Å². The molecule has 0 amide bonds. The number of nitriles is 1. The van der Waals surface area contributed by atoms with Crippen molar-refractivity contribution in [3.8, 4) is 17.6 Å². The molecule has 0 unspecified atom stereocenters. The first kappa shape index (κ1) is 25.0. The summed E-state index contributed by atoms with van der Waals surface area (Å²) in [5.74, 6) is 1.31. The van der Waals surface area contributed by atoms with Crippen molar-refractivity contribution in [2.75, 3.05) is 4.31 Å². The largest absolute Gasteiger partial charge is 0.457 e. The van der Waals surface area contributed by atoms with Gasteiger partial charge in [-0.05, 0) is 77.2 Å². The summed E-state index contributed by atoms with van der Waals surface area (Å²) in [6, 6.07) is 32.4. The number of benzene rings is 4. The minimum atomic E-state index is -3.90. The molecule has 0 aliphatic heterocycles. The Balaban J connectivity index is 1.68. The molecule has 0 radical (unpaired) electrons. The van der Waals surface area contributed by atoms with Gasteiger partial charge in [0.2, 0.25) is 0 Å². The Hall–Kier alpha value is -4.08. The number of hydrogen-bond donors (Lipinski definition) is 0. The van der Waals surface area contributed by atoms with Crippen LogP contribution in [0.1, 0.15) is 37.5 Å². The zero-order valence-corrected chi connectivity index (χ0v) is 21.4. The summed E-state index contributed by atoms with van der Waals surface area (Å²) in [5, 5.41) is 9.10. The van der Waals surface area contributed by atoms with Gasteiger partial charge in [0.05, 0.1) is 28.8 Å². The average Bonchev–Trinajstić information content (AvgIpc) is 2.88. The molecule has 4 aromatic rings. The molecule has 0 aliphatic rings. The van der Waals surface area contributed by atoms with E-state index in [0.717, 1.165) is 5.56 Å². The van der Waals surface area contributed by atoms with Crippen LogP contribution in [0.3, 0.4) is 0 Å². The van der Waals surface area contributed by atoms with Gasteiger partial charge in [-0.1, -0.05) is 63.2 Å². The van der Waals surface area contributed by atoms with E-state index in [4.69, 9.17) is 10.00 Å². The fraction of sp³-hybridized carbons (Fsp3) is 0.167. The molecule has 6 heteroatoms. The minimum absolute atomic E-state index is 0.00135. The highest BCUT2D eigenvalue weighted by Crippen LogP contribution is 2.30. The van der Waals surface area contributed by atoms with Crippen LogP contribution in [0.25, 0.3) is 0 Å². The van der Waals surface area contributed by atoms with Gasteiger partial charge in [0.1, 0.15) is 11.5 Å². The smallest absolute Gasteiger partial charge is 0.264 e. The Morgan fingerprint density at radius 1 is 0.778 bits per heavy atom. The molecule has 182 valence electrons. The summed E-state index contributed by atoms with van der Waals surface area (Å²) < 4.78 is 34.8. The quantitative estimate of drug-likeness (QED) is 0.275. The third-order valence-corrected chi connectivity index (χ3v) is 7.61. The van der Waals surface area contributed by atoms with Crippen molar-refractivity contribution >= 4 is 15.7 Å². The maximum Gasteiger partial charge on any atom is 0.264 e. The monoisotopic (exact) mass is 496 g/mol. The van der Waals surface area contributed by atoms with Crippen LogP contribution in [-0.2, 0) is 22.0 Å². The lowest BCUT2D eigenvalue weighted by atomic mass is 9.87. The zero-order valence-electron chi connectivity index (χ0n) is 20.5. The number of rotatable bonds is 7. The Morgan fingerprint density at radius 3 is 1.92 bits per heavy atom. The second-order valence-corrected chi connectivity index (χ2v) is 11.4. The van der Waals surface area contributed by atoms with Crippen molar-refractivity contribution in [1.29, 1.82) is 5.26 Å². The summed E-state index contributed by atoms with van der Waals surface area (Å²) in [7, 11) is -3.90. The Bertz CT molecular complexity index is 1450. The normalized spacial score (nSPS) is 11.5. The van der Waals surface area contributed by atoms with Gasteiger partial charge < -0.3 is 4.74 Å². The van der Waals surface area contributed by atoms with E-state index < -0.39 is 10.0 Å². The molecule has 0 atom stereocenters. The summed E-state index contributed by atoms with van der Waals surface area (Å²) >= 11 is 0. The van der Waals surface area contributed by atoms with E-state index in [1.165, 1.54) is 34.1 Å². The van der Waals surface area contributed by atoms with Crippen molar-refractivity contribution in [2.45, 2.75) is 37.6 Å². The maximum absolute atomic E-state index is 13.8. The van der Waals surface area contributed by atoms with Crippen LogP contribution in [0.2, 0.25) is 0 Å². The third-order valence-electron chi connectivity index (χ3n) is 5.82. The Labute approximate surface area is 213 Å². The van der Waals surface area contributed by atoms with Crippen LogP contribution in [0.4, 0.5) is 5.69 Å². The van der Waals surface area contributed by atoms with Crippen LogP contribution < -0.4 is 9.04 Å². The summed E-state index contributed by atoms with van der Waals surface area (Å²) in [5.41, 5.74) is 2.96. The van der Waals surface area contributed by atoms with E-state index >= 15 is 0 Å². The van der Waals surface area contributed by atoms with Gasteiger partial charge in [0.25, 0.3) is 10.0 Å². The molecule has 0 aliphatic carbocycles. The molecule has 0 saturated heterocycles. The Morgan fingerprint density at radius 2 is 1.36 bits per heavy atom. The summed E-state index contributed by atoms with van der Waals surface area (Å²) in [4.78, 5) is 0.123. The SMILES string of the molecule is CC(C)(C)c1ccc(CN(c2ccc(Oc3ccccc3)cc2)S(=O)(=O)c2ccc(C#N)cc2)cc1. The van der Waals surface area contributed by atoms with Gasteiger partial charge in [-0.2, -0.15) is 5.26 Å². The molecule has 0 saturated carbocycles. The second-order valence-electron chi connectivity index (χ2n) is 9.50.